The van der Waals surface area contributed by atoms with Crippen molar-refractivity contribution in [3.05, 3.63) is 41.9 Å². The molecule has 6 heteroatoms. The number of nitrogens with zero attached hydrogens (tertiary/aromatic N) is 4. The van der Waals surface area contributed by atoms with Crippen molar-refractivity contribution in [3.63, 3.8) is 0 Å². The van der Waals surface area contributed by atoms with Gasteiger partial charge in [-0.25, -0.2) is 9.67 Å². The molecule has 6 nitrogen and oxygen atoms in total. The fourth-order valence-electron chi connectivity index (χ4n) is 2.89. The van der Waals surface area contributed by atoms with Gasteiger partial charge in [-0.05, 0) is 31.5 Å². The first-order valence-electron chi connectivity index (χ1n) is 7.68. The van der Waals surface area contributed by atoms with Crippen LogP contribution < -0.4 is 5.32 Å². The molecule has 0 spiro atoms. The molecule has 0 aliphatic carbocycles. The highest BCUT2D eigenvalue weighted by Gasteiger charge is 2.27. The maximum absolute atomic E-state index is 12.8. The largest absolute Gasteiger partial charge is 0.337 e. The zero-order chi connectivity index (χ0) is 15.5. The van der Waals surface area contributed by atoms with Crippen LogP contribution in [0.3, 0.4) is 0 Å². The highest BCUT2D eigenvalue weighted by molar-refractivity contribution is 5.95. The van der Waals surface area contributed by atoms with Crippen LogP contribution in [0.4, 0.5) is 0 Å². The van der Waals surface area contributed by atoms with E-state index < -0.39 is 0 Å². The predicted molar refractivity (Wildman–Crippen MR) is 84.1 cm³/mol. The Morgan fingerprint density at radius 2 is 2.36 bits per heavy atom. The maximum atomic E-state index is 12.8. The molecule has 1 N–H and O–H groups in total. The van der Waals surface area contributed by atoms with Crippen LogP contribution in [0.2, 0.25) is 0 Å². The van der Waals surface area contributed by atoms with Gasteiger partial charge in [0.1, 0.15) is 0 Å². The second-order valence-corrected chi connectivity index (χ2v) is 5.52. The number of likely N-dealkylation sites (N-methyl/N-ethyl adjacent to an activating group) is 1. The highest BCUT2D eigenvalue weighted by atomic mass is 16.2. The Morgan fingerprint density at radius 1 is 1.50 bits per heavy atom. The van der Waals surface area contributed by atoms with Gasteiger partial charge in [0, 0.05) is 25.8 Å². The molecule has 0 bridgehead atoms. The lowest BCUT2D eigenvalue weighted by Gasteiger charge is -2.23. The molecule has 1 saturated heterocycles. The number of rotatable bonds is 4. The molecule has 1 amide bonds. The van der Waals surface area contributed by atoms with Crippen molar-refractivity contribution in [2.24, 2.45) is 0 Å². The summed E-state index contributed by atoms with van der Waals surface area (Å²) in [6.07, 6.45) is 5.12. The van der Waals surface area contributed by atoms with Crippen LogP contribution in [-0.4, -0.2) is 51.8 Å². The van der Waals surface area contributed by atoms with Gasteiger partial charge in [-0.3, -0.25) is 4.79 Å². The lowest BCUT2D eigenvalue weighted by molar-refractivity contribution is 0.0742. The van der Waals surface area contributed by atoms with Crippen LogP contribution in [0, 0.1) is 0 Å². The number of aromatic nitrogens is 3. The van der Waals surface area contributed by atoms with E-state index in [0.29, 0.717) is 5.56 Å². The summed E-state index contributed by atoms with van der Waals surface area (Å²) in [5.74, 6) is 0.774. The first kappa shape index (κ1) is 14.7. The Bertz CT molecular complexity index is 646. The normalized spacial score (nSPS) is 17.6. The number of carbonyl (C=O) groups excluding carboxylic acids is 1. The summed E-state index contributed by atoms with van der Waals surface area (Å²) in [6, 6.07) is 5.94. The summed E-state index contributed by atoms with van der Waals surface area (Å²) in [7, 11) is 1.87. The number of pyridine rings is 1. The zero-order valence-electron chi connectivity index (χ0n) is 13.0. The number of amides is 1. The minimum absolute atomic E-state index is 0.0349. The number of hydrogen-bond acceptors (Lipinski definition) is 4. The van der Waals surface area contributed by atoms with Crippen molar-refractivity contribution in [1.82, 2.24) is 25.0 Å². The minimum atomic E-state index is 0.0349. The summed E-state index contributed by atoms with van der Waals surface area (Å²) in [5.41, 5.74) is 1.57. The Balaban J connectivity index is 1.91. The lowest BCUT2D eigenvalue weighted by atomic mass is 10.1. The van der Waals surface area contributed by atoms with Gasteiger partial charge >= 0.3 is 0 Å². The Kier molecular flexibility index (Phi) is 4.20. The van der Waals surface area contributed by atoms with Crippen molar-refractivity contribution < 1.29 is 4.79 Å². The second-order valence-electron chi connectivity index (χ2n) is 5.52. The van der Waals surface area contributed by atoms with Crippen LogP contribution in [0.1, 0.15) is 29.4 Å². The van der Waals surface area contributed by atoms with E-state index in [1.165, 1.54) is 0 Å². The topological polar surface area (TPSA) is 63.1 Å². The first-order valence-corrected chi connectivity index (χ1v) is 7.68. The molecule has 0 aromatic carbocycles. The minimum Gasteiger partial charge on any atom is -0.337 e. The summed E-state index contributed by atoms with van der Waals surface area (Å²) in [5, 5.41) is 7.67. The van der Waals surface area contributed by atoms with Gasteiger partial charge in [-0.15, -0.1) is 0 Å². The van der Waals surface area contributed by atoms with Crippen LogP contribution >= 0.6 is 0 Å². The molecule has 1 atom stereocenters. The van der Waals surface area contributed by atoms with Gasteiger partial charge in [0.15, 0.2) is 5.82 Å². The fraction of sp³-hybridized carbons (Fsp3) is 0.438. The average molecular weight is 299 g/mol. The van der Waals surface area contributed by atoms with Gasteiger partial charge in [0.25, 0.3) is 5.91 Å². The molecular formula is C16H21N5O. The number of carbonyl (C=O) groups is 1. The molecule has 0 radical (unpaired) electrons. The monoisotopic (exact) mass is 299 g/mol. The molecule has 2 aromatic heterocycles. The molecular weight excluding hydrogens is 278 g/mol. The van der Waals surface area contributed by atoms with Gasteiger partial charge in [-0.2, -0.15) is 5.10 Å². The summed E-state index contributed by atoms with van der Waals surface area (Å²) in [4.78, 5) is 18.9. The molecule has 3 rings (SSSR count). The van der Waals surface area contributed by atoms with Crippen LogP contribution in [0.15, 0.2) is 30.6 Å². The van der Waals surface area contributed by atoms with Crippen LogP contribution in [-0.2, 0) is 6.42 Å². The molecule has 1 aliphatic rings. The third-order valence-electron chi connectivity index (χ3n) is 4.20. The fourth-order valence-corrected chi connectivity index (χ4v) is 2.89. The third kappa shape index (κ3) is 2.62. The van der Waals surface area contributed by atoms with E-state index in [4.69, 9.17) is 0 Å². The van der Waals surface area contributed by atoms with E-state index in [2.05, 4.69) is 15.4 Å². The Hall–Kier alpha value is -2.21. The molecule has 116 valence electrons. The van der Waals surface area contributed by atoms with E-state index in [-0.39, 0.29) is 11.9 Å². The zero-order valence-corrected chi connectivity index (χ0v) is 13.0. The molecule has 1 fully saturated rings. The van der Waals surface area contributed by atoms with Gasteiger partial charge in [0.05, 0.1) is 17.5 Å². The quantitative estimate of drug-likeness (QED) is 0.923. The van der Waals surface area contributed by atoms with Crippen molar-refractivity contribution >= 4 is 5.91 Å². The van der Waals surface area contributed by atoms with Crippen LogP contribution in [0.25, 0.3) is 5.82 Å². The van der Waals surface area contributed by atoms with Crippen molar-refractivity contribution in [2.45, 2.75) is 25.8 Å². The lowest BCUT2D eigenvalue weighted by Crippen LogP contribution is -2.38. The van der Waals surface area contributed by atoms with Crippen molar-refractivity contribution in [2.75, 3.05) is 20.1 Å². The van der Waals surface area contributed by atoms with Gasteiger partial charge in [0.2, 0.25) is 0 Å². The van der Waals surface area contributed by atoms with E-state index >= 15 is 0 Å². The smallest absolute Gasteiger partial charge is 0.257 e. The predicted octanol–water partition coefficient (Wildman–Crippen LogP) is 1.26. The van der Waals surface area contributed by atoms with Crippen molar-refractivity contribution in [3.8, 4) is 5.82 Å². The molecule has 2 aromatic rings. The Morgan fingerprint density at radius 3 is 3.00 bits per heavy atom. The average Bonchev–Trinajstić information content (AvgIpc) is 3.23. The third-order valence-corrected chi connectivity index (χ3v) is 4.20. The van der Waals surface area contributed by atoms with Crippen LogP contribution in [0.5, 0.6) is 0 Å². The Labute approximate surface area is 130 Å². The standard InChI is InChI=1S/C16H21N5O/c1-3-14-13(16(22)20(2)12-7-9-17-10-12)11-19-21(14)15-6-4-5-8-18-15/h4-6,8,11-12,17H,3,7,9-10H2,1-2H3/t12-/m0/s1. The number of hydrogen-bond donors (Lipinski definition) is 1. The van der Waals surface area contributed by atoms with E-state index in [1.54, 1.807) is 17.1 Å². The number of nitrogens with one attached hydrogen (secondary N) is 1. The van der Waals surface area contributed by atoms with E-state index in [9.17, 15) is 4.79 Å². The summed E-state index contributed by atoms with van der Waals surface area (Å²) < 4.78 is 1.76. The molecule has 1 aliphatic heterocycles. The molecule has 22 heavy (non-hydrogen) atoms. The maximum Gasteiger partial charge on any atom is 0.257 e. The van der Waals surface area contributed by atoms with E-state index in [1.807, 2.05) is 37.1 Å². The van der Waals surface area contributed by atoms with Gasteiger partial charge < -0.3 is 10.2 Å². The SMILES string of the molecule is CCc1c(C(=O)N(C)[C@H]2CCNC2)cnn1-c1ccccn1. The van der Waals surface area contributed by atoms with Gasteiger partial charge in [-0.1, -0.05) is 13.0 Å². The summed E-state index contributed by atoms with van der Waals surface area (Å²) in [6.45, 7) is 3.86. The van der Waals surface area contributed by atoms with Crippen molar-refractivity contribution in [1.29, 1.82) is 0 Å². The second kappa shape index (κ2) is 6.27. The molecule has 0 saturated carbocycles. The highest BCUT2D eigenvalue weighted by Crippen LogP contribution is 2.18. The van der Waals surface area contributed by atoms with E-state index in [0.717, 1.165) is 37.4 Å². The molecule has 0 unspecified atom stereocenters. The first-order chi connectivity index (χ1) is 10.7. The molecule has 3 heterocycles. The summed E-state index contributed by atoms with van der Waals surface area (Å²) >= 11 is 0.